The van der Waals surface area contributed by atoms with Crippen molar-refractivity contribution in [2.24, 2.45) is 0 Å². The number of nitrogens with zero attached hydrogens (tertiary/aromatic N) is 4. The monoisotopic (exact) mass is 276 g/mol. The Bertz CT molecular complexity index is 371. The van der Waals surface area contributed by atoms with Crippen molar-refractivity contribution in [3.05, 3.63) is 5.15 Å². The largest absolute Gasteiger partial charge is 0.389 e. The van der Waals surface area contributed by atoms with Gasteiger partial charge >= 0.3 is 0 Å². The lowest BCUT2D eigenvalue weighted by molar-refractivity contribution is 0.0345. The van der Waals surface area contributed by atoms with Gasteiger partial charge in [0.25, 0.3) is 0 Å². The molecular formula is C10H17ClN4OS. The molecule has 1 N–H and O–H groups in total. The normalized spacial score (nSPS) is 18.7. The van der Waals surface area contributed by atoms with Crippen LogP contribution in [-0.2, 0) is 0 Å². The molecule has 1 fully saturated rings. The van der Waals surface area contributed by atoms with E-state index in [1.165, 1.54) is 0 Å². The van der Waals surface area contributed by atoms with Crippen LogP contribution in [0.1, 0.15) is 13.8 Å². The molecule has 0 amide bonds. The van der Waals surface area contributed by atoms with E-state index in [1.807, 2.05) is 13.8 Å². The summed E-state index contributed by atoms with van der Waals surface area (Å²) in [6.45, 7) is 7.95. The van der Waals surface area contributed by atoms with Gasteiger partial charge in [0, 0.05) is 32.7 Å². The Morgan fingerprint density at radius 3 is 2.41 bits per heavy atom. The predicted molar refractivity (Wildman–Crippen MR) is 69.9 cm³/mol. The van der Waals surface area contributed by atoms with Crippen LogP contribution in [0.5, 0.6) is 0 Å². The third-order valence-electron chi connectivity index (χ3n) is 2.72. The fraction of sp³-hybridized carbons (Fsp3) is 0.800. The molecule has 5 nitrogen and oxygen atoms in total. The highest BCUT2D eigenvalue weighted by atomic mass is 35.5. The molecule has 1 aromatic rings. The lowest BCUT2D eigenvalue weighted by Crippen LogP contribution is -2.50. The maximum absolute atomic E-state index is 9.77. The van der Waals surface area contributed by atoms with Crippen molar-refractivity contribution >= 4 is 29.1 Å². The van der Waals surface area contributed by atoms with Gasteiger partial charge < -0.3 is 10.0 Å². The van der Waals surface area contributed by atoms with E-state index in [2.05, 4.69) is 18.5 Å². The van der Waals surface area contributed by atoms with Crippen LogP contribution in [0.15, 0.2) is 0 Å². The van der Waals surface area contributed by atoms with E-state index >= 15 is 0 Å². The number of anilines is 1. The molecule has 2 rings (SSSR count). The fourth-order valence-corrected chi connectivity index (χ4v) is 2.80. The highest BCUT2D eigenvalue weighted by Crippen LogP contribution is 2.24. The third-order valence-corrected chi connectivity index (χ3v) is 3.59. The Labute approximate surface area is 110 Å². The van der Waals surface area contributed by atoms with E-state index in [4.69, 9.17) is 11.6 Å². The summed E-state index contributed by atoms with van der Waals surface area (Å²) in [5.74, 6) is 0.791. The van der Waals surface area contributed by atoms with Crippen molar-refractivity contribution in [1.29, 1.82) is 0 Å². The quantitative estimate of drug-likeness (QED) is 0.896. The fourth-order valence-electron chi connectivity index (χ4n) is 2.03. The molecule has 7 heteroatoms. The highest BCUT2D eigenvalue weighted by Gasteiger charge is 2.24. The van der Waals surface area contributed by atoms with Crippen LogP contribution in [0.2, 0.25) is 5.15 Å². The second-order valence-corrected chi connectivity index (χ2v) is 5.84. The molecule has 2 heterocycles. The smallest absolute Gasteiger partial charge is 0.187 e. The first-order valence-electron chi connectivity index (χ1n) is 5.63. The first kappa shape index (κ1) is 13.0. The Kier molecular flexibility index (Phi) is 3.87. The Morgan fingerprint density at radius 2 is 1.94 bits per heavy atom. The molecule has 96 valence electrons. The van der Waals surface area contributed by atoms with Crippen molar-refractivity contribution in [3.8, 4) is 0 Å². The van der Waals surface area contributed by atoms with Gasteiger partial charge in [0.05, 0.1) is 17.3 Å². The maximum Gasteiger partial charge on any atom is 0.187 e. The molecule has 0 saturated carbocycles. The number of piperazine rings is 1. The second kappa shape index (κ2) is 5.06. The molecule has 0 unspecified atom stereocenters. The van der Waals surface area contributed by atoms with Gasteiger partial charge in [-0.1, -0.05) is 11.6 Å². The lowest BCUT2D eigenvalue weighted by atomic mass is 10.1. The van der Waals surface area contributed by atoms with E-state index < -0.39 is 5.60 Å². The lowest BCUT2D eigenvalue weighted by Gasteiger charge is -2.37. The van der Waals surface area contributed by atoms with Crippen LogP contribution in [-0.4, -0.2) is 57.1 Å². The van der Waals surface area contributed by atoms with Crippen LogP contribution in [0.25, 0.3) is 0 Å². The summed E-state index contributed by atoms with van der Waals surface area (Å²) >= 11 is 7.10. The molecule has 17 heavy (non-hydrogen) atoms. The summed E-state index contributed by atoms with van der Waals surface area (Å²) < 4.78 is 8.17. The minimum absolute atomic E-state index is 0.492. The molecule has 0 aliphatic carbocycles. The first-order chi connectivity index (χ1) is 7.96. The van der Waals surface area contributed by atoms with Crippen LogP contribution in [0.3, 0.4) is 0 Å². The average molecular weight is 277 g/mol. The van der Waals surface area contributed by atoms with Gasteiger partial charge in [-0.05, 0) is 13.8 Å². The summed E-state index contributed by atoms with van der Waals surface area (Å²) in [6.07, 6.45) is 0. The number of hydrogen-bond donors (Lipinski definition) is 1. The van der Waals surface area contributed by atoms with Crippen LogP contribution >= 0.6 is 23.3 Å². The topological polar surface area (TPSA) is 52.5 Å². The zero-order chi connectivity index (χ0) is 12.5. The summed E-state index contributed by atoms with van der Waals surface area (Å²) in [5.41, 5.74) is -0.637. The van der Waals surface area contributed by atoms with Crippen molar-refractivity contribution in [2.45, 2.75) is 19.4 Å². The van der Waals surface area contributed by atoms with Gasteiger partial charge in [0.15, 0.2) is 11.0 Å². The molecular weight excluding hydrogens is 260 g/mol. The number of β-amino-alcohol motifs (C(OH)–C–C–N with tert-alkyl or cyclic N) is 1. The molecule has 0 atom stereocenters. The first-order valence-corrected chi connectivity index (χ1v) is 6.74. The van der Waals surface area contributed by atoms with E-state index in [9.17, 15) is 5.11 Å². The molecule has 1 aliphatic heterocycles. The third kappa shape index (κ3) is 3.51. The zero-order valence-corrected chi connectivity index (χ0v) is 11.6. The van der Waals surface area contributed by atoms with Gasteiger partial charge in [-0.15, -0.1) is 0 Å². The summed E-state index contributed by atoms with van der Waals surface area (Å²) in [6, 6.07) is 0. The van der Waals surface area contributed by atoms with Gasteiger partial charge in [-0.25, -0.2) is 0 Å². The minimum Gasteiger partial charge on any atom is -0.389 e. The standard InChI is InChI=1S/C10H17ClN4OS/c1-10(2,16)7-14-3-5-15(6-4-14)9-8(11)12-17-13-9/h16H,3-7H2,1-2H3. The predicted octanol–water partition coefficient (Wildman–Crippen LogP) is 1.08. The van der Waals surface area contributed by atoms with E-state index in [1.54, 1.807) is 0 Å². The van der Waals surface area contributed by atoms with E-state index in [0.29, 0.717) is 11.7 Å². The molecule has 0 spiro atoms. The Morgan fingerprint density at radius 1 is 1.29 bits per heavy atom. The highest BCUT2D eigenvalue weighted by molar-refractivity contribution is 6.99. The van der Waals surface area contributed by atoms with Gasteiger partial charge in [-0.3, -0.25) is 4.90 Å². The Hall–Kier alpha value is -0.430. The van der Waals surface area contributed by atoms with Gasteiger partial charge in [0.2, 0.25) is 0 Å². The summed E-state index contributed by atoms with van der Waals surface area (Å²) in [5, 5.41) is 10.3. The number of aromatic nitrogens is 2. The van der Waals surface area contributed by atoms with Crippen molar-refractivity contribution in [1.82, 2.24) is 13.6 Å². The van der Waals surface area contributed by atoms with Gasteiger partial charge in [-0.2, -0.15) is 8.75 Å². The molecule has 1 aromatic heterocycles. The van der Waals surface area contributed by atoms with E-state index in [-0.39, 0.29) is 0 Å². The number of rotatable bonds is 3. The second-order valence-electron chi connectivity index (χ2n) is 4.95. The van der Waals surface area contributed by atoms with Gasteiger partial charge in [0.1, 0.15) is 0 Å². The van der Waals surface area contributed by atoms with Crippen LogP contribution < -0.4 is 4.90 Å². The van der Waals surface area contributed by atoms with Crippen LogP contribution in [0, 0.1) is 0 Å². The number of hydrogen-bond acceptors (Lipinski definition) is 6. The zero-order valence-electron chi connectivity index (χ0n) is 10.1. The Balaban J connectivity index is 1.88. The summed E-state index contributed by atoms with van der Waals surface area (Å²) in [7, 11) is 0. The SMILES string of the molecule is CC(C)(O)CN1CCN(c2nsnc2Cl)CC1. The molecule has 1 aliphatic rings. The van der Waals surface area contributed by atoms with Crippen molar-refractivity contribution in [3.63, 3.8) is 0 Å². The van der Waals surface area contributed by atoms with Crippen molar-refractivity contribution < 1.29 is 5.11 Å². The molecule has 1 saturated heterocycles. The molecule has 0 aromatic carbocycles. The number of aliphatic hydroxyl groups is 1. The number of halogens is 1. The average Bonchev–Trinajstić information content (AvgIpc) is 2.63. The minimum atomic E-state index is -0.637. The van der Waals surface area contributed by atoms with E-state index in [0.717, 1.165) is 43.7 Å². The summed E-state index contributed by atoms with van der Waals surface area (Å²) in [4.78, 5) is 4.40. The van der Waals surface area contributed by atoms with Crippen LogP contribution in [0.4, 0.5) is 5.82 Å². The van der Waals surface area contributed by atoms with Crippen molar-refractivity contribution in [2.75, 3.05) is 37.6 Å². The molecule has 0 radical (unpaired) electrons. The maximum atomic E-state index is 9.77. The molecule has 0 bridgehead atoms.